The van der Waals surface area contributed by atoms with Gasteiger partial charge in [0, 0.05) is 6.54 Å². The van der Waals surface area contributed by atoms with Crippen LogP contribution in [0.5, 0.6) is 5.75 Å². The fourth-order valence-electron chi connectivity index (χ4n) is 2.45. The molecule has 1 rings (SSSR count). The Hall–Kier alpha value is -1.06. The second-order valence-electron chi connectivity index (χ2n) is 4.70. The Balaban J connectivity index is 2.97. The standard InChI is InChI=1S/C14H23NO2/c1-9(5-12(16)8-15)14-10(2)6-13(17-4)7-11(14)3/h6-7,9,12,16H,5,8,15H2,1-4H3. The van der Waals surface area contributed by atoms with Crippen molar-refractivity contribution in [2.75, 3.05) is 13.7 Å². The summed E-state index contributed by atoms with van der Waals surface area (Å²) in [5.74, 6) is 1.19. The van der Waals surface area contributed by atoms with Crippen LogP contribution in [0.25, 0.3) is 0 Å². The maximum absolute atomic E-state index is 9.62. The lowest BCUT2D eigenvalue weighted by Crippen LogP contribution is -2.22. The fourth-order valence-corrected chi connectivity index (χ4v) is 2.45. The van der Waals surface area contributed by atoms with Crippen molar-refractivity contribution in [3.8, 4) is 5.75 Å². The highest BCUT2D eigenvalue weighted by atomic mass is 16.5. The van der Waals surface area contributed by atoms with Crippen molar-refractivity contribution in [3.63, 3.8) is 0 Å². The summed E-state index contributed by atoms with van der Waals surface area (Å²) >= 11 is 0. The van der Waals surface area contributed by atoms with E-state index in [1.54, 1.807) is 7.11 Å². The van der Waals surface area contributed by atoms with Crippen LogP contribution in [0, 0.1) is 13.8 Å². The fraction of sp³-hybridized carbons (Fsp3) is 0.571. The summed E-state index contributed by atoms with van der Waals surface area (Å²) in [7, 11) is 1.68. The molecule has 3 N–H and O–H groups in total. The third kappa shape index (κ3) is 3.45. The number of nitrogens with two attached hydrogens (primary N) is 1. The molecule has 0 amide bonds. The van der Waals surface area contributed by atoms with E-state index in [1.165, 1.54) is 16.7 Å². The molecule has 17 heavy (non-hydrogen) atoms. The average molecular weight is 237 g/mol. The number of ether oxygens (including phenoxy) is 1. The molecule has 2 unspecified atom stereocenters. The lowest BCUT2D eigenvalue weighted by atomic mass is 9.88. The molecule has 0 spiro atoms. The summed E-state index contributed by atoms with van der Waals surface area (Å²) in [6.07, 6.45) is 0.274. The van der Waals surface area contributed by atoms with Crippen molar-refractivity contribution in [2.24, 2.45) is 5.73 Å². The lowest BCUT2D eigenvalue weighted by Gasteiger charge is -2.20. The summed E-state index contributed by atoms with van der Waals surface area (Å²) in [4.78, 5) is 0. The van der Waals surface area contributed by atoms with Gasteiger partial charge in [0.15, 0.2) is 0 Å². The number of rotatable bonds is 5. The Kier molecular flexibility index (Phi) is 4.97. The van der Waals surface area contributed by atoms with Gasteiger partial charge < -0.3 is 15.6 Å². The molecule has 0 aromatic heterocycles. The number of aliphatic hydroxyl groups excluding tert-OH is 1. The van der Waals surface area contributed by atoms with Gasteiger partial charge in [-0.2, -0.15) is 0 Å². The minimum absolute atomic E-state index is 0.305. The van der Waals surface area contributed by atoms with E-state index >= 15 is 0 Å². The van der Waals surface area contributed by atoms with E-state index in [1.807, 2.05) is 12.1 Å². The van der Waals surface area contributed by atoms with Crippen LogP contribution in [0.15, 0.2) is 12.1 Å². The normalized spacial score (nSPS) is 14.5. The molecule has 1 aromatic rings. The summed E-state index contributed by atoms with van der Waals surface area (Å²) < 4.78 is 5.24. The molecule has 2 atom stereocenters. The molecule has 96 valence electrons. The number of benzene rings is 1. The Morgan fingerprint density at radius 2 is 1.82 bits per heavy atom. The first-order chi connectivity index (χ1) is 7.99. The first-order valence-corrected chi connectivity index (χ1v) is 6.02. The average Bonchev–Trinajstić information content (AvgIpc) is 2.27. The predicted molar refractivity (Wildman–Crippen MR) is 70.6 cm³/mol. The van der Waals surface area contributed by atoms with Gasteiger partial charge in [-0.3, -0.25) is 0 Å². The molecule has 0 fully saturated rings. The Morgan fingerprint density at radius 1 is 1.29 bits per heavy atom. The molecule has 3 nitrogen and oxygen atoms in total. The SMILES string of the molecule is COc1cc(C)c(C(C)CC(O)CN)c(C)c1. The van der Waals surface area contributed by atoms with Gasteiger partial charge in [-0.05, 0) is 55.0 Å². The monoisotopic (exact) mass is 237 g/mol. The number of hydrogen-bond acceptors (Lipinski definition) is 3. The maximum atomic E-state index is 9.62. The molecule has 1 aromatic carbocycles. The van der Waals surface area contributed by atoms with E-state index in [2.05, 4.69) is 20.8 Å². The quantitative estimate of drug-likeness (QED) is 0.824. The highest BCUT2D eigenvalue weighted by molar-refractivity contribution is 5.42. The highest BCUT2D eigenvalue weighted by Gasteiger charge is 2.16. The summed E-state index contributed by atoms with van der Waals surface area (Å²) in [5.41, 5.74) is 9.15. The van der Waals surface area contributed by atoms with Crippen LogP contribution in [0.1, 0.15) is 36.0 Å². The van der Waals surface area contributed by atoms with Crippen LogP contribution in [-0.4, -0.2) is 24.9 Å². The zero-order chi connectivity index (χ0) is 13.0. The first kappa shape index (κ1) is 14.0. The van der Waals surface area contributed by atoms with Gasteiger partial charge in [-0.25, -0.2) is 0 Å². The third-order valence-electron chi connectivity index (χ3n) is 3.19. The highest BCUT2D eigenvalue weighted by Crippen LogP contribution is 2.30. The van der Waals surface area contributed by atoms with Crippen LogP contribution in [0.4, 0.5) is 0 Å². The number of aliphatic hydroxyl groups is 1. The van der Waals surface area contributed by atoms with Crippen molar-refractivity contribution in [1.29, 1.82) is 0 Å². The van der Waals surface area contributed by atoms with Crippen molar-refractivity contribution in [1.82, 2.24) is 0 Å². The maximum Gasteiger partial charge on any atom is 0.119 e. The molecule has 0 saturated carbocycles. The van der Waals surface area contributed by atoms with Gasteiger partial charge in [-0.1, -0.05) is 6.92 Å². The van der Waals surface area contributed by atoms with E-state index in [4.69, 9.17) is 10.5 Å². The van der Waals surface area contributed by atoms with Crippen molar-refractivity contribution < 1.29 is 9.84 Å². The van der Waals surface area contributed by atoms with E-state index < -0.39 is 6.10 Å². The van der Waals surface area contributed by atoms with Gasteiger partial charge in [-0.15, -0.1) is 0 Å². The minimum Gasteiger partial charge on any atom is -0.497 e. The minimum atomic E-state index is -0.425. The molecular formula is C14H23NO2. The molecule has 0 heterocycles. The van der Waals surface area contributed by atoms with E-state index in [0.29, 0.717) is 18.9 Å². The molecular weight excluding hydrogens is 214 g/mol. The third-order valence-corrected chi connectivity index (χ3v) is 3.19. The van der Waals surface area contributed by atoms with Gasteiger partial charge in [0.25, 0.3) is 0 Å². The summed E-state index contributed by atoms with van der Waals surface area (Å²) in [5, 5.41) is 9.62. The van der Waals surface area contributed by atoms with Gasteiger partial charge >= 0.3 is 0 Å². The number of methoxy groups -OCH3 is 1. The smallest absolute Gasteiger partial charge is 0.119 e. The topological polar surface area (TPSA) is 55.5 Å². The zero-order valence-corrected chi connectivity index (χ0v) is 11.2. The number of aryl methyl sites for hydroxylation is 2. The van der Waals surface area contributed by atoms with Gasteiger partial charge in [0.2, 0.25) is 0 Å². The zero-order valence-electron chi connectivity index (χ0n) is 11.2. The molecule has 0 saturated heterocycles. The second-order valence-corrected chi connectivity index (χ2v) is 4.70. The van der Waals surface area contributed by atoms with Crippen molar-refractivity contribution in [2.45, 2.75) is 39.2 Å². The van der Waals surface area contributed by atoms with Crippen LogP contribution >= 0.6 is 0 Å². The predicted octanol–water partition coefficient (Wildman–Crippen LogP) is 2.13. The Morgan fingerprint density at radius 3 is 2.24 bits per heavy atom. The molecule has 0 aliphatic rings. The van der Waals surface area contributed by atoms with E-state index in [-0.39, 0.29) is 0 Å². The Bertz CT molecular complexity index is 353. The Labute approximate surface area is 104 Å². The first-order valence-electron chi connectivity index (χ1n) is 6.02. The summed E-state index contributed by atoms with van der Waals surface area (Å²) in [6.45, 7) is 6.60. The van der Waals surface area contributed by atoms with Crippen LogP contribution < -0.4 is 10.5 Å². The van der Waals surface area contributed by atoms with Crippen LogP contribution in [0.3, 0.4) is 0 Å². The molecule has 0 radical (unpaired) electrons. The molecule has 0 bridgehead atoms. The lowest BCUT2D eigenvalue weighted by molar-refractivity contribution is 0.165. The van der Waals surface area contributed by atoms with Crippen LogP contribution in [-0.2, 0) is 0 Å². The van der Waals surface area contributed by atoms with Crippen molar-refractivity contribution in [3.05, 3.63) is 28.8 Å². The molecule has 0 aliphatic carbocycles. The largest absolute Gasteiger partial charge is 0.497 e. The van der Waals surface area contributed by atoms with E-state index in [0.717, 1.165) is 5.75 Å². The second kappa shape index (κ2) is 6.03. The van der Waals surface area contributed by atoms with Gasteiger partial charge in [0.1, 0.15) is 5.75 Å². The number of hydrogen-bond donors (Lipinski definition) is 2. The molecule has 3 heteroatoms. The van der Waals surface area contributed by atoms with Crippen molar-refractivity contribution >= 4 is 0 Å². The van der Waals surface area contributed by atoms with Crippen LogP contribution in [0.2, 0.25) is 0 Å². The summed E-state index contributed by atoms with van der Waals surface area (Å²) in [6, 6.07) is 4.07. The molecule has 0 aliphatic heterocycles. The van der Waals surface area contributed by atoms with Gasteiger partial charge in [0.05, 0.1) is 13.2 Å². The van der Waals surface area contributed by atoms with E-state index in [9.17, 15) is 5.11 Å².